The number of benzene rings is 2. The molecule has 6 nitrogen and oxygen atoms in total. The lowest BCUT2D eigenvalue weighted by Gasteiger charge is -2.13. The second-order valence-corrected chi connectivity index (χ2v) is 7.02. The van der Waals surface area contributed by atoms with E-state index in [0.29, 0.717) is 25.1 Å². The minimum atomic E-state index is -0.659. The van der Waals surface area contributed by atoms with Crippen LogP contribution in [0.2, 0.25) is 0 Å². The Bertz CT molecular complexity index is 1130. The van der Waals surface area contributed by atoms with E-state index in [1.54, 1.807) is 29.7 Å². The number of nitrogens with zero attached hydrogens (tertiary/aromatic N) is 1. The number of carbonyl (C=O) groups is 2. The van der Waals surface area contributed by atoms with Crippen LogP contribution in [-0.2, 0) is 19.5 Å². The van der Waals surface area contributed by atoms with Gasteiger partial charge in [0.15, 0.2) is 0 Å². The summed E-state index contributed by atoms with van der Waals surface area (Å²) in [6.45, 7) is 2.51. The second-order valence-electron chi connectivity index (χ2n) is 7.02. The van der Waals surface area contributed by atoms with Crippen molar-refractivity contribution in [1.82, 2.24) is 15.2 Å². The summed E-state index contributed by atoms with van der Waals surface area (Å²) in [5, 5.41) is 5.17. The van der Waals surface area contributed by atoms with Gasteiger partial charge < -0.3 is 15.2 Å². The molecule has 31 heavy (non-hydrogen) atoms. The monoisotopic (exact) mass is 421 g/mol. The van der Waals surface area contributed by atoms with Crippen LogP contribution >= 0.6 is 0 Å². The Kier molecular flexibility index (Phi) is 7.32. The Hall–Kier alpha value is -3.74. The van der Waals surface area contributed by atoms with Gasteiger partial charge in [0.2, 0.25) is 5.43 Å². The average Bonchev–Trinajstić information content (AvgIpc) is 2.78. The number of amides is 2. The molecular formula is C24H24FN3O3. The molecule has 3 aromatic rings. The fourth-order valence-electron chi connectivity index (χ4n) is 3.15. The first-order valence-corrected chi connectivity index (χ1v) is 10.1. The molecule has 2 N–H and O–H groups in total. The van der Waals surface area contributed by atoms with Crippen LogP contribution in [0.5, 0.6) is 0 Å². The van der Waals surface area contributed by atoms with E-state index in [2.05, 4.69) is 10.6 Å². The Morgan fingerprint density at radius 3 is 2.16 bits per heavy atom. The minimum Gasteiger partial charge on any atom is -0.352 e. The zero-order chi connectivity index (χ0) is 22.2. The highest BCUT2D eigenvalue weighted by molar-refractivity contribution is 5.99. The number of carbonyl (C=O) groups excluding carboxylic acids is 2. The van der Waals surface area contributed by atoms with Gasteiger partial charge in [-0.25, -0.2) is 4.39 Å². The van der Waals surface area contributed by atoms with E-state index in [1.165, 1.54) is 18.5 Å². The molecule has 1 aromatic heterocycles. The van der Waals surface area contributed by atoms with Gasteiger partial charge in [-0.2, -0.15) is 0 Å². The third kappa shape index (κ3) is 5.66. The molecule has 2 amide bonds. The number of hydrogen-bond donors (Lipinski definition) is 2. The van der Waals surface area contributed by atoms with E-state index in [4.69, 9.17) is 0 Å². The van der Waals surface area contributed by atoms with Crippen molar-refractivity contribution < 1.29 is 14.0 Å². The molecule has 0 saturated heterocycles. The quantitative estimate of drug-likeness (QED) is 0.587. The van der Waals surface area contributed by atoms with Gasteiger partial charge in [-0.1, -0.05) is 48.5 Å². The van der Waals surface area contributed by atoms with Crippen LogP contribution in [0.1, 0.15) is 38.8 Å². The minimum absolute atomic E-state index is 0.0691. The number of hydrogen-bond acceptors (Lipinski definition) is 3. The van der Waals surface area contributed by atoms with Crippen LogP contribution in [0.4, 0.5) is 4.39 Å². The molecule has 0 bridgehead atoms. The van der Waals surface area contributed by atoms with Crippen molar-refractivity contribution in [2.24, 2.45) is 0 Å². The Morgan fingerprint density at radius 1 is 0.903 bits per heavy atom. The first-order valence-electron chi connectivity index (χ1n) is 10.1. The molecule has 0 aliphatic heterocycles. The van der Waals surface area contributed by atoms with Crippen molar-refractivity contribution in [2.45, 2.75) is 26.4 Å². The highest BCUT2D eigenvalue weighted by Gasteiger charge is 2.19. The van der Waals surface area contributed by atoms with E-state index >= 15 is 0 Å². The topological polar surface area (TPSA) is 80.2 Å². The van der Waals surface area contributed by atoms with Gasteiger partial charge in [-0.3, -0.25) is 14.4 Å². The summed E-state index contributed by atoms with van der Waals surface area (Å²) in [4.78, 5) is 37.9. The van der Waals surface area contributed by atoms with E-state index in [0.717, 1.165) is 5.56 Å². The molecule has 3 rings (SSSR count). The van der Waals surface area contributed by atoms with E-state index in [9.17, 15) is 18.8 Å². The van der Waals surface area contributed by atoms with Gasteiger partial charge in [-0.15, -0.1) is 0 Å². The molecule has 0 fully saturated rings. The van der Waals surface area contributed by atoms with Crippen molar-refractivity contribution >= 4 is 11.8 Å². The maximum atomic E-state index is 13.8. The summed E-state index contributed by atoms with van der Waals surface area (Å²) in [5.74, 6) is -1.64. The van der Waals surface area contributed by atoms with E-state index in [1.807, 2.05) is 30.3 Å². The summed E-state index contributed by atoms with van der Waals surface area (Å²) in [7, 11) is 0. The normalized spacial score (nSPS) is 10.5. The van der Waals surface area contributed by atoms with Crippen molar-refractivity contribution in [3.63, 3.8) is 0 Å². The molecule has 0 radical (unpaired) electrons. The molecule has 0 spiro atoms. The van der Waals surface area contributed by atoms with Gasteiger partial charge in [0, 0.05) is 37.6 Å². The SMILES string of the molecule is CCNC(=O)c1cn(CCc2ccccc2)cc(C(=O)NCc2ccccc2F)c1=O. The van der Waals surface area contributed by atoms with Crippen LogP contribution in [0.15, 0.2) is 71.8 Å². The predicted octanol–water partition coefficient (Wildman–Crippen LogP) is 2.91. The summed E-state index contributed by atoms with van der Waals surface area (Å²) in [6, 6.07) is 15.8. The van der Waals surface area contributed by atoms with Crippen molar-refractivity contribution in [3.05, 3.63) is 105 Å². The number of nitrogens with one attached hydrogen (secondary N) is 2. The maximum absolute atomic E-state index is 13.8. The van der Waals surface area contributed by atoms with Crippen LogP contribution in [-0.4, -0.2) is 22.9 Å². The standard InChI is InChI=1S/C24H24FN3O3/c1-2-26-23(30)19-15-28(13-12-17-8-4-3-5-9-17)16-20(22(19)29)24(31)27-14-18-10-6-7-11-21(18)25/h3-11,15-16H,2,12-14H2,1H3,(H,26,30)(H,27,31). The van der Waals surface area contributed by atoms with Crippen molar-refractivity contribution in [1.29, 1.82) is 0 Å². The second kappa shape index (κ2) is 10.3. The van der Waals surface area contributed by atoms with Crippen molar-refractivity contribution in [3.8, 4) is 0 Å². The fourth-order valence-corrected chi connectivity index (χ4v) is 3.15. The molecule has 0 saturated carbocycles. The summed E-state index contributed by atoms with van der Waals surface area (Å²) < 4.78 is 15.5. The van der Waals surface area contributed by atoms with Gasteiger partial charge >= 0.3 is 0 Å². The summed E-state index contributed by atoms with van der Waals surface area (Å²) in [5.41, 5.74) is 0.473. The van der Waals surface area contributed by atoms with E-state index in [-0.39, 0.29) is 17.7 Å². The first-order chi connectivity index (χ1) is 15.0. The molecule has 160 valence electrons. The lowest BCUT2D eigenvalue weighted by molar-refractivity contribution is 0.0948. The van der Waals surface area contributed by atoms with Crippen molar-refractivity contribution in [2.75, 3.05) is 6.54 Å². The van der Waals surface area contributed by atoms with Crippen LogP contribution < -0.4 is 16.1 Å². The highest BCUT2D eigenvalue weighted by Crippen LogP contribution is 2.07. The van der Waals surface area contributed by atoms with E-state index < -0.39 is 23.1 Å². The largest absolute Gasteiger partial charge is 0.352 e. The van der Waals surface area contributed by atoms with Gasteiger partial charge in [0.05, 0.1) is 0 Å². The summed E-state index contributed by atoms with van der Waals surface area (Å²) >= 11 is 0. The number of halogens is 1. The van der Waals surface area contributed by atoms with Crippen LogP contribution in [0, 0.1) is 5.82 Å². The third-order valence-electron chi connectivity index (χ3n) is 4.80. The first kappa shape index (κ1) is 22.0. The smallest absolute Gasteiger partial charge is 0.257 e. The highest BCUT2D eigenvalue weighted by atomic mass is 19.1. The molecule has 2 aromatic carbocycles. The number of aryl methyl sites for hydroxylation is 2. The van der Waals surface area contributed by atoms with Gasteiger partial charge in [0.25, 0.3) is 11.8 Å². The Morgan fingerprint density at radius 2 is 1.52 bits per heavy atom. The summed E-state index contributed by atoms with van der Waals surface area (Å²) in [6.07, 6.45) is 3.56. The fraction of sp³-hybridized carbons (Fsp3) is 0.208. The third-order valence-corrected chi connectivity index (χ3v) is 4.80. The Balaban J connectivity index is 1.86. The predicted molar refractivity (Wildman–Crippen MR) is 116 cm³/mol. The lowest BCUT2D eigenvalue weighted by atomic mass is 10.1. The van der Waals surface area contributed by atoms with Gasteiger partial charge in [0.1, 0.15) is 16.9 Å². The number of pyridine rings is 1. The van der Waals surface area contributed by atoms with Crippen LogP contribution in [0.3, 0.4) is 0 Å². The maximum Gasteiger partial charge on any atom is 0.257 e. The number of aromatic nitrogens is 1. The molecular weight excluding hydrogens is 397 g/mol. The zero-order valence-corrected chi connectivity index (χ0v) is 17.2. The molecule has 0 aliphatic rings. The molecule has 7 heteroatoms. The zero-order valence-electron chi connectivity index (χ0n) is 17.2. The molecule has 1 heterocycles. The molecule has 0 unspecified atom stereocenters. The molecule has 0 atom stereocenters. The van der Waals surface area contributed by atoms with Gasteiger partial charge in [-0.05, 0) is 25.0 Å². The van der Waals surface area contributed by atoms with Crippen LogP contribution in [0.25, 0.3) is 0 Å². The lowest BCUT2D eigenvalue weighted by Crippen LogP contribution is -2.35. The Labute approximate surface area is 179 Å². The number of rotatable bonds is 8. The average molecular weight is 421 g/mol. The molecule has 0 aliphatic carbocycles.